The molecule has 0 aromatic heterocycles. The van der Waals surface area contributed by atoms with E-state index in [1.54, 1.807) is 31.2 Å². The average molecular weight is 485 g/mol. The molecule has 0 radical (unpaired) electrons. The summed E-state index contributed by atoms with van der Waals surface area (Å²) in [4.78, 5) is 24.0. The standard InChI is InChI=1S/C21H25ClN2O7S/c1-14(12-29-2)24-20(25)13-31-21(26)16-6-9-18(30-3)19(10-16)32(27,28)23-11-15-4-7-17(22)8-5-15/h4-10,14,23H,11-13H2,1-3H3,(H,24,25). The molecule has 11 heteroatoms. The van der Waals surface area contributed by atoms with Crippen LogP contribution >= 0.6 is 11.6 Å². The molecule has 2 aromatic carbocycles. The van der Waals surface area contributed by atoms with Crippen molar-refractivity contribution in [3.05, 3.63) is 58.6 Å². The van der Waals surface area contributed by atoms with Crippen LogP contribution in [0, 0.1) is 0 Å². The summed E-state index contributed by atoms with van der Waals surface area (Å²) in [5.74, 6) is -1.30. The lowest BCUT2D eigenvalue weighted by Crippen LogP contribution is -2.38. The molecular weight excluding hydrogens is 460 g/mol. The van der Waals surface area contributed by atoms with E-state index in [1.165, 1.54) is 26.4 Å². The smallest absolute Gasteiger partial charge is 0.338 e. The molecule has 0 aliphatic carbocycles. The Hall–Kier alpha value is -2.66. The molecule has 2 rings (SSSR count). The number of rotatable bonds is 11. The van der Waals surface area contributed by atoms with Crippen molar-refractivity contribution < 1.29 is 32.2 Å². The van der Waals surface area contributed by atoms with Gasteiger partial charge in [0.25, 0.3) is 5.91 Å². The van der Waals surface area contributed by atoms with Crippen LogP contribution < -0.4 is 14.8 Å². The molecule has 0 fully saturated rings. The van der Waals surface area contributed by atoms with E-state index in [9.17, 15) is 18.0 Å². The maximum atomic E-state index is 12.8. The van der Waals surface area contributed by atoms with Gasteiger partial charge in [-0.3, -0.25) is 4.79 Å². The van der Waals surface area contributed by atoms with Crippen LogP contribution in [0.5, 0.6) is 5.75 Å². The summed E-state index contributed by atoms with van der Waals surface area (Å²) in [5, 5.41) is 3.14. The molecule has 0 saturated heterocycles. The molecule has 1 atom stereocenters. The van der Waals surface area contributed by atoms with Gasteiger partial charge in [0.15, 0.2) is 6.61 Å². The van der Waals surface area contributed by atoms with Gasteiger partial charge in [-0.2, -0.15) is 0 Å². The van der Waals surface area contributed by atoms with Gasteiger partial charge in [0, 0.05) is 24.7 Å². The van der Waals surface area contributed by atoms with Crippen LogP contribution in [0.3, 0.4) is 0 Å². The van der Waals surface area contributed by atoms with Crippen LogP contribution in [0.25, 0.3) is 0 Å². The zero-order valence-corrected chi connectivity index (χ0v) is 19.5. The van der Waals surface area contributed by atoms with E-state index in [2.05, 4.69) is 10.0 Å². The highest BCUT2D eigenvalue weighted by atomic mass is 35.5. The Labute approximate surface area is 192 Å². The van der Waals surface area contributed by atoms with Crippen LogP contribution in [-0.4, -0.2) is 53.8 Å². The van der Waals surface area contributed by atoms with Crippen molar-refractivity contribution in [3.8, 4) is 5.75 Å². The van der Waals surface area contributed by atoms with E-state index in [0.717, 1.165) is 6.07 Å². The summed E-state index contributed by atoms with van der Waals surface area (Å²) in [7, 11) is -1.21. The number of ether oxygens (including phenoxy) is 3. The van der Waals surface area contributed by atoms with Crippen LogP contribution in [-0.2, 0) is 30.8 Å². The van der Waals surface area contributed by atoms with Gasteiger partial charge in [0.2, 0.25) is 10.0 Å². The highest BCUT2D eigenvalue weighted by molar-refractivity contribution is 7.89. The number of amides is 1. The highest BCUT2D eigenvalue weighted by Crippen LogP contribution is 2.25. The second-order valence-corrected chi connectivity index (χ2v) is 8.99. The van der Waals surface area contributed by atoms with Crippen molar-refractivity contribution in [2.24, 2.45) is 0 Å². The second-order valence-electron chi connectivity index (χ2n) is 6.82. The van der Waals surface area contributed by atoms with E-state index in [-0.39, 0.29) is 28.8 Å². The molecule has 0 aliphatic heterocycles. The van der Waals surface area contributed by atoms with Crippen LogP contribution in [0.2, 0.25) is 5.02 Å². The Morgan fingerprint density at radius 1 is 1.09 bits per heavy atom. The SMILES string of the molecule is COCC(C)NC(=O)COC(=O)c1ccc(OC)c(S(=O)(=O)NCc2ccc(Cl)cc2)c1. The summed E-state index contributed by atoms with van der Waals surface area (Å²) < 4.78 is 43.2. The Bertz CT molecular complexity index is 1040. The molecule has 0 spiro atoms. The van der Waals surface area contributed by atoms with Crippen LogP contribution in [0.1, 0.15) is 22.8 Å². The number of hydrogen-bond donors (Lipinski definition) is 2. The number of sulfonamides is 1. The van der Waals surface area contributed by atoms with Gasteiger partial charge in [-0.15, -0.1) is 0 Å². The highest BCUT2D eigenvalue weighted by Gasteiger charge is 2.22. The molecule has 2 aromatic rings. The van der Waals surface area contributed by atoms with Crippen molar-refractivity contribution in [3.63, 3.8) is 0 Å². The van der Waals surface area contributed by atoms with E-state index in [4.69, 9.17) is 25.8 Å². The van der Waals surface area contributed by atoms with Crippen LogP contribution in [0.15, 0.2) is 47.4 Å². The number of carbonyl (C=O) groups excluding carboxylic acids is 2. The van der Waals surface area contributed by atoms with Gasteiger partial charge in [-0.1, -0.05) is 23.7 Å². The Balaban J connectivity index is 2.10. The van der Waals surface area contributed by atoms with Gasteiger partial charge >= 0.3 is 5.97 Å². The third-order valence-corrected chi connectivity index (χ3v) is 5.90. The van der Waals surface area contributed by atoms with Gasteiger partial charge in [0.05, 0.1) is 19.3 Å². The molecule has 9 nitrogen and oxygen atoms in total. The lowest BCUT2D eigenvalue weighted by atomic mass is 10.2. The molecule has 174 valence electrons. The zero-order chi connectivity index (χ0) is 23.7. The van der Waals surface area contributed by atoms with Gasteiger partial charge in [-0.25, -0.2) is 17.9 Å². The third-order valence-electron chi connectivity index (χ3n) is 4.23. The molecule has 0 aliphatic rings. The molecule has 1 amide bonds. The fourth-order valence-corrected chi connectivity index (χ4v) is 4.03. The van der Waals surface area contributed by atoms with Crippen molar-refractivity contribution in [1.29, 1.82) is 0 Å². The number of carbonyl (C=O) groups is 2. The van der Waals surface area contributed by atoms with Crippen molar-refractivity contribution in [2.75, 3.05) is 27.4 Å². The zero-order valence-electron chi connectivity index (χ0n) is 17.9. The number of hydrogen-bond acceptors (Lipinski definition) is 7. The van der Waals surface area contributed by atoms with Crippen molar-refractivity contribution in [2.45, 2.75) is 24.4 Å². The predicted molar refractivity (Wildman–Crippen MR) is 118 cm³/mol. The summed E-state index contributed by atoms with van der Waals surface area (Å²) in [6, 6.07) is 10.2. The minimum Gasteiger partial charge on any atom is -0.495 e. The number of benzene rings is 2. The van der Waals surface area contributed by atoms with Gasteiger partial charge in [0.1, 0.15) is 10.6 Å². The second kappa shape index (κ2) is 11.8. The largest absolute Gasteiger partial charge is 0.495 e. The molecule has 0 saturated carbocycles. The Kier molecular flexibility index (Phi) is 9.45. The van der Waals surface area contributed by atoms with Crippen molar-refractivity contribution >= 4 is 33.5 Å². The van der Waals surface area contributed by atoms with Gasteiger partial charge in [-0.05, 0) is 42.8 Å². The Morgan fingerprint density at radius 2 is 1.78 bits per heavy atom. The first-order chi connectivity index (χ1) is 15.2. The first kappa shape index (κ1) is 25.6. The minimum atomic E-state index is -4.03. The lowest BCUT2D eigenvalue weighted by Gasteiger charge is -2.14. The Morgan fingerprint density at radius 3 is 2.41 bits per heavy atom. The lowest BCUT2D eigenvalue weighted by molar-refractivity contribution is -0.125. The number of halogens is 1. The maximum Gasteiger partial charge on any atom is 0.338 e. The van der Waals surface area contributed by atoms with Gasteiger partial charge < -0.3 is 19.5 Å². The topological polar surface area (TPSA) is 120 Å². The quantitative estimate of drug-likeness (QED) is 0.469. The average Bonchev–Trinajstić information content (AvgIpc) is 2.76. The summed E-state index contributed by atoms with van der Waals surface area (Å²) in [6.07, 6.45) is 0. The fraction of sp³-hybridized carbons (Fsp3) is 0.333. The van der Waals surface area contributed by atoms with E-state index in [1.807, 2.05) is 0 Å². The first-order valence-corrected chi connectivity index (χ1v) is 11.4. The minimum absolute atomic E-state index is 0.0111. The molecule has 0 heterocycles. The third kappa shape index (κ3) is 7.49. The number of methoxy groups -OCH3 is 2. The van der Waals surface area contributed by atoms with E-state index in [0.29, 0.717) is 17.2 Å². The first-order valence-electron chi connectivity index (χ1n) is 9.54. The molecule has 32 heavy (non-hydrogen) atoms. The fourth-order valence-electron chi connectivity index (χ4n) is 2.69. The summed E-state index contributed by atoms with van der Waals surface area (Å²) >= 11 is 5.84. The molecule has 1 unspecified atom stereocenters. The summed E-state index contributed by atoms with van der Waals surface area (Å²) in [5.41, 5.74) is 0.650. The van der Waals surface area contributed by atoms with E-state index >= 15 is 0 Å². The molecular formula is C21H25ClN2O7S. The number of nitrogens with one attached hydrogen (secondary N) is 2. The predicted octanol–water partition coefficient (Wildman–Crippen LogP) is 2.13. The maximum absolute atomic E-state index is 12.8. The summed E-state index contributed by atoms with van der Waals surface area (Å²) in [6.45, 7) is 1.54. The number of esters is 1. The molecule has 2 N–H and O–H groups in total. The molecule has 0 bridgehead atoms. The van der Waals surface area contributed by atoms with Crippen molar-refractivity contribution in [1.82, 2.24) is 10.0 Å². The van der Waals surface area contributed by atoms with Crippen LogP contribution in [0.4, 0.5) is 0 Å². The monoisotopic (exact) mass is 484 g/mol. The normalized spacial score (nSPS) is 12.1. The van der Waals surface area contributed by atoms with E-state index < -0.39 is 28.5 Å².